The lowest BCUT2D eigenvalue weighted by Gasteiger charge is -2.09. The largest absolute Gasteiger partial charge is 0.321 e. The molecule has 3 aromatic rings. The van der Waals surface area contributed by atoms with Crippen LogP contribution in [0.2, 0.25) is 0 Å². The van der Waals surface area contributed by atoms with Crippen LogP contribution < -0.4 is 5.32 Å². The molecule has 0 aliphatic heterocycles. The maximum atomic E-state index is 12.4. The number of thioether (sulfide) groups is 1. The van der Waals surface area contributed by atoms with E-state index in [1.807, 2.05) is 66.7 Å². The first kappa shape index (κ1) is 14.7. The molecule has 0 atom stereocenters. The highest BCUT2D eigenvalue weighted by Crippen LogP contribution is 2.23. The number of amides is 1. The van der Waals surface area contributed by atoms with Crippen LogP contribution >= 0.6 is 11.8 Å². The van der Waals surface area contributed by atoms with Crippen LogP contribution in [0, 0.1) is 0 Å². The van der Waals surface area contributed by atoms with Gasteiger partial charge in [-0.25, -0.2) is 0 Å². The molecular formula is C19H17NOS. The van der Waals surface area contributed by atoms with Gasteiger partial charge in [0, 0.05) is 22.4 Å². The van der Waals surface area contributed by atoms with Gasteiger partial charge in [-0.05, 0) is 35.4 Å². The number of benzene rings is 3. The Morgan fingerprint density at radius 2 is 1.68 bits per heavy atom. The quantitative estimate of drug-likeness (QED) is 0.738. The smallest absolute Gasteiger partial charge is 0.255 e. The Hall–Kier alpha value is -2.26. The number of rotatable bonds is 4. The van der Waals surface area contributed by atoms with E-state index in [0.29, 0.717) is 5.56 Å². The lowest BCUT2D eigenvalue weighted by molar-refractivity contribution is 0.102. The van der Waals surface area contributed by atoms with E-state index in [0.717, 1.165) is 22.2 Å². The summed E-state index contributed by atoms with van der Waals surface area (Å²) in [6, 6.07) is 21.8. The molecule has 0 aliphatic carbocycles. The molecule has 22 heavy (non-hydrogen) atoms. The third-order valence-corrected chi connectivity index (χ3v) is 4.19. The molecule has 2 nitrogen and oxygen atoms in total. The van der Waals surface area contributed by atoms with Crippen LogP contribution in [0.25, 0.3) is 10.8 Å². The summed E-state index contributed by atoms with van der Waals surface area (Å²) in [5.41, 5.74) is 2.75. The molecule has 0 spiro atoms. The van der Waals surface area contributed by atoms with Gasteiger partial charge < -0.3 is 5.32 Å². The summed E-state index contributed by atoms with van der Waals surface area (Å²) in [7, 11) is 0. The summed E-state index contributed by atoms with van der Waals surface area (Å²) < 4.78 is 0. The second-order valence-electron chi connectivity index (χ2n) is 5.11. The second kappa shape index (κ2) is 6.67. The predicted octanol–water partition coefficient (Wildman–Crippen LogP) is 4.96. The summed E-state index contributed by atoms with van der Waals surface area (Å²) in [5.74, 6) is 0.887. The van der Waals surface area contributed by atoms with Crippen molar-refractivity contribution >= 4 is 34.1 Å². The molecule has 3 rings (SSSR count). The van der Waals surface area contributed by atoms with Gasteiger partial charge in [-0.2, -0.15) is 11.8 Å². The minimum Gasteiger partial charge on any atom is -0.321 e. The van der Waals surface area contributed by atoms with E-state index in [1.54, 1.807) is 11.8 Å². The van der Waals surface area contributed by atoms with Gasteiger partial charge in [-0.1, -0.05) is 48.5 Å². The molecule has 0 saturated carbocycles. The zero-order chi connectivity index (χ0) is 15.4. The van der Waals surface area contributed by atoms with Gasteiger partial charge in [-0.15, -0.1) is 0 Å². The van der Waals surface area contributed by atoms with E-state index in [2.05, 4.69) is 11.6 Å². The highest BCUT2D eigenvalue weighted by atomic mass is 32.2. The third-order valence-electron chi connectivity index (χ3n) is 3.56. The van der Waals surface area contributed by atoms with E-state index in [1.165, 1.54) is 5.56 Å². The first-order valence-corrected chi connectivity index (χ1v) is 8.54. The maximum absolute atomic E-state index is 12.4. The van der Waals surface area contributed by atoms with Crippen molar-refractivity contribution in [3.05, 3.63) is 77.9 Å². The summed E-state index contributed by atoms with van der Waals surface area (Å²) >= 11 is 1.77. The van der Waals surface area contributed by atoms with E-state index in [-0.39, 0.29) is 5.91 Å². The molecular weight excluding hydrogens is 290 g/mol. The molecule has 0 radical (unpaired) electrons. The van der Waals surface area contributed by atoms with Crippen molar-refractivity contribution in [2.45, 2.75) is 5.75 Å². The molecule has 0 heterocycles. The molecule has 1 amide bonds. The molecule has 110 valence electrons. The summed E-state index contributed by atoms with van der Waals surface area (Å²) in [6.07, 6.45) is 2.07. The van der Waals surface area contributed by atoms with Gasteiger partial charge in [0.15, 0.2) is 0 Å². The van der Waals surface area contributed by atoms with Crippen molar-refractivity contribution in [2.75, 3.05) is 11.6 Å². The topological polar surface area (TPSA) is 29.1 Å². The Kier molecular flexibility index (Phi) is 4.45. The maximum Gasteiger partial charge on any atom is 0.255 e. The van der Waals surface area contributed by atoms with Crippen molar-refractivity contribution < 1.29 is 4.79 Å². The van der Waals surface area contributed by atoms with Crippen molar-refractivity contribution in [2.24, 2.45) is 0 Å². The lowest BCUT2D eigenvalue weighted by Crippen LogP contribution is -2.12. The van der Waals surface area contributed by atoms with Crippen LogP contribution in [0.1, 0.15) is 15.9 Å². The van der Waals surface area contributed by atoms with E-state index < -0.39 is 0 Å². The lowest BCUT2D eigenvalue weighted by atomic mass is 10.1. The molecule has 0 saturated heterocycles. The first-order valence-electron chi connectivity index (χ1n) is 7.15. The molecule has 3 heteroatoms. The second-order valence-corrected chi connectivity index (χ2v) is 5.98. The fourth-order valence-corrected chi connectivity index (χ4v) is 2.97. The summed E-state index contributed by atoms with van der Waals surface area (Å²) in [5, 5.41) is 5.18. The molecule has 1 N–H and O–H groups in total. The van der Waals surface area contributed by atoms with Crippen LogP contribution in [-0.2, 0) is 5.75 Å². The Morgan fingerprint density at radius 1 is 0.955 bits per heavy atom. The number of carbonyl (C=O) groups excluding carboxylic acids is 1. The minimum atomic E-state index is -0.0768. The average Bonchev–Trinajstić information content (AvgIpc) is 2.56. The monoisotopic (exact) mass is 307 g/mol. The number of hydrogen-bond donors (Lipinski definition) is 1. The normalized spacial score (nSPS) is 10.6. The highest BCUT2D eigenvalue weighted by Gasteiger charge is 2.08. The Balaban J connectivity index is 1.83. The van der Waals surface area contributed by atoms with Gasteiger partial charge >= 0.3 is 0 Å². The van der Waals surface area contributed by atoms with E-state index >= 15 is 0 Å². The fourth-order valence-electron chi connectivity index (χ4n) is 2.45. The van der Waals surface area contributed by atoms with Crippen LogP contribution in [0.5, 0.6) is 0 Å². The molecule has 0 fully saturated rings. The molecule has 0 bridgehead atoms. The van der Waals surface area contributed by atoms with Crippen molar-refractivity contribution in [1.82, 2.24) is 0 Å². The SMILES string of the molecule is CSCc1ccc(C(=O)Nc2cccc3ccccc23)cc1. The first-order chi connectivity index (χ1) is 10.8. The average molecular weight is 307 g/mol. The Labute approximate surface area is 134 Å². The van der Waals surface area contributed by atoms with Crippen LogP contribution in [0.15, 0.2) is 66.7 Å². The van der Waals surface area contributed by atoms with Crippen molar-refractivity contribution in [3.63, 3.8) is 0 Å². The molecule has 3 aromatic carbocycles. The van der Waals surface area contributed by atoms with Crippen LogP contribution in [0.4, 0.5) is 5.69 Å². The van der Waals surface area contributed by atoms with Crippen molar-refractivity contribution in [1.29, 1.82) is 0 Å². The molecule has 0 aromatic heterocycles. The van der Waals surface area contributed by atoms with E-state index in [9.17, 15) is 4.79 Å². The minimum absolute atomic E-state index is 0.0768. The molecule has 0 unspecified atom stereocenters. The number of hydrogen-bond acceptors (Lipinski definition) is 2. The fraction of sp³-hybridized carbons (Fsp3) is 0.105. The van der Waals surface area contributed by atoms with Gasteiger partial charge in [0.2, 0.25) is 0 Å². The number of fused-ring (bicyclic) bond motifs is 1. The van der Waals surface area contributed by atoms with Gasteiger partial charge in [0.25, 0.3) is 5.91 Å². The molecule has 0 aliphatic rings. The van der Waals surface area contributed by atoms with Gasteiger partial charge in [0.1, 0.15) is 0 Å². The van der Waals surface area contributed by atoms with Crippen LogP contribution in [0.3, 0.4) is 0 Å². The van der Waals surface area contributed by atoms with E-state index in [4.69, 9.17) is 0 Å². The number of anilines is 1. The van der Waals surface area contributed by atoms with Crippen LogP contribution in [-0.4, -0.2) is 12.2 Å². The third kappa shape index (κ3) is 3.15. The standard InChI is InChI=1S/C19H17NOS/c1-22-13-14-9-11-16(12-10-14)19(21)20-18-8-4-6-15-5-2-3-7-17(15)18/h2-12H,13H2,1H3,(H,20,21). The highest BCUT2D eigenvalue weighted by molar-refractivity contribution is 7.97. The van der Waals surface area contributed by atoms with Gasteiger partial charge in [0.05, 0.1) is 0 Å². The zero-order valence-corrected chi connectivity index (χ0v) is 13.2. The number of nitrogens with one attached hydrogen (secondary N) is 1. The Bertz CT molecular complexity index is 791. The zero-order valence-electron chi connectivity index (χ0n) is 12.4. The Morgan fingerprint density at radius 3 is 2.45 bits per heavy atom. The summed E-state index contributed by atoms with van der Waals surface area (Å²) in [6.45, 7) is 0. The van der Waals surface area contributed by atoms with Crippen molar-refractivity contribution in [3.8, 4) is 0 Å². The predicted molar refractivity (Wildman–Crippen MR) is 95.6 cm³/mol. The van der Waals surface area contributed by atoms with Gasteiger partial charge in [-0.3, -0.25) is 4.79 Å². The number of carbonyl (C=O) groups is 1. The summed E-state index contributed by atoms with van der Waals surface area (Å²) in [4.78, 5) is 12.4.